The fourth-order valence-corrected chi connectivity index (χ4v) is 1.38. The second-order valence-corrected chi connectivity index (χ2v) is 3.83. The molecule has 0 radical (unpaired) electrons. The molecule has 1 rings (SSSR count). The Morgan fingerprint density at radius 1 is 1.47 bits per heavy atom. The van der Waals surface area contributed by atoms with E-state index < -0.39 is 11.7 Å². The van der Waals surface area contributed by atoms with Crippen molar-refractivity contribution in [1.29, 1.82) is 0 Å². The molecule has 0 aromatic heterocycles. The molecule has 1 amide bonds. The normalized spacial score (nSPS) is 12.1. The van der Waals surface area contributed by atoms with Gasteiger partial charge in [-0.2, -0.15) is 0 Å². The van der Waals surface area contributed by atoms with Crippen molar-refractivity contribution < 1.29 is 19.7 Å². The number of amides is 1. The fraction of sp³-hybridized carbons (Fsp3) is 0.417. The minimum Gasteiger partial charge on any atom is -0.504 e. The standard InChI is InChI=1S/C12H17NO4/c1-8(6-7-17-2)13-12(16)9-4-3-5-10(14)11(9)15/h3-5,8,14-15H,6-7H2,1-2H3,(H,13,16). The van der Waals surface area contributed by atoms with E-state index in [0.717, 1.165) is 0 Å². The Balaban J connectivity index is 2.67. The molecule has 5 nitrogen and oxygen atoms in total. The number of phenols is 2. The maximum atomic E-state index is 11.8. The highest BCUT2D eigenvalue weighted by Gasteiger charge is 2.15. The van der Waals surface area contributed by atoms with Gasteiger partial charge in [-0.05, 0) is 25.5 Å². The summed E-state index contributed by atoms with van der Waals surface area (Å²) in [6.45, 7) is 2.39. The van der Waals surface area contributed by atoms with Gasteiger partial charge < -0.3 is 20.3 Å². The molecule has 5 heteroatoms. The molecule has 1 aromatic rings. The Morgan fingerprint density at radius 2 is 2.18 bits per heavy atom. The van der Waals surface area contributed by atoms with Crippen molar-refractivity contribution >= 4 is 5.91 Å². The molecule has 1 unspecified atom stereocenters. The van der Waals surface area contributed by atoms with Crippen LogP contribution in [0.5, 0.6) is 11.5 Å². The first-order valence-electron chi connectivity index (χ1n) is 5.37. The highest BCUT2D eigenvalue weighted by molar-refractivity contribution is 5.97. The highest BCUT2D eigenvalue weighted by atomic mass is 16.5. The lowest BCUT2D eigenvalue weighted by Gasteiger charge is -2.14. The number of nitrogens with one attached hydrogen (secondary N) is 1. The lowest BCUT2D eigenvalue weighted by molar-refractivity contribution is 0.0926. The Labute approximate surface area is 100 Å². The highest BCUT2D eigenvalue weighted by Crippen LogP contribution is 2.27. The molecular weight excluding hydrogens is 222 g/mol. The SMILES string of the molecule is COCCC(C)NC(=O)c1cccc(O)c1O. The lowest BCUT2D eigenvalue weighted by atomic mass is 10.1. The Kier molecular flexibility index (Phi) is 4.78. The first kappa shape index (κ1) is 13.3. The molecule has 0 aliphatic heterocycles. The van der Waals surface area contributed by atoms with Crippen LogP contribution in [0.1, 0.15) is 23.7 Å². The van der Waals surface area contributed by atoms with Gasteiger partial charge in [-0.25, -0.2) is 0 Å². The van der Waals surface area contributed by atoms with Crippen molar-refractivity contribution in [3.05, 3.63) is 23.8 Å². The smallest absolute Gasteiger partial charge is 0.255 e. The minimum absolute atomic E-state index is 0.0641. The number of carbonyl (C=O) groups excluding carboxylic acids is 1. The topological polar surface area (TPSA) is 78.8 Å². The zero-order chi connectivity index (χ0) is 12.8. The average Bonchev–Trinajstić information content (AvgIpc) is 2.29. The van der Waals surface area contributed by atoms with E-state index in [1.807, 2.05) is 6.92 Å². The van der Waals surface area contributed by atoms with Crippen LogP contribution in [0.15, 0.2) is 18.2 Å². The number of aromatic hydroxyl groups is 2. The number of ether oxygens (including phenoxy) is 1. The predicted molar refractivity (Wildman–Crippen MR) is 63.2 cm³/mol. The lowest BCUT2D eigenvalue weighted by Crippen LogP contribution is -2.33. The average molecular weight is 239 g/mol. The van der Waals surface area contributed by atoms with Gasteiger partial charge in [0.25, 0.3) is 5.91 Å². The van der Waals surface area contributed by atoms with E-state index >= 15 is 0 Å². The van der Waals surface area contributed by atoms with Crippen LogP contribution < -0.4 is 5.32 Å². The molecule has 1 atom stereocenters. The van der Waals surface area contributed by atoms with Gasteiger partial charge in [0.15, 0.2) is 11.5 Å². The van der Waals surface area contributed by atoms with Crippen molar-refractivity contribution in [3.8, 4) is 11.5 Å². The van der Waals surface area contributed by atoms with Crippen molar-refractivity contribution in [2.45, 2.75) is 19.4 Å². The largest absolute Gasteiger partial charge is 0.504 e. The summed E-state index contributed by atoms with van der Waals surface area (Å²) >= 11 is 0. The van der Waals surface area contributed by atoms with Crippen LogP contribution in [0, 0.1) is 0 Å². The van der Waals surface area contributed by atoms with E-state index in [1.165, 1.54) is 18.2 Å². The van der Waals surface area contributed by atoms with Gasteiger partial charge in [-0.3, -0.25) is 4.79 Å². The van der Waals surface area contributed by atoms with Crippen LogP contribution in [0.3, 0.4) is 0 Å². The third-order valence-electron chi connectivity index (χ3n) is 2.39. The van der Waals surface area contributed by atoms with E-state index in [2.05, 4.69) is 5.32 Å². The molecule has 0 saturated carbocycles. The maximum absolute atomic E-state index is 11.8. The zero-order valence-electron chi connectivity index (χ0n) is 9.93. The molecule has 1 aromatic carbocycles. The number of carbonyl (C=O) groups is 1. The van der Waals surface area contributed by atoms with E-state index in [1.54, 1.807) is 7.11 Å². The van der Waals surface area contributed by atoms with Crippen LogP contribution in [0.2, 0.25) is 0 Å². The molecule has 0 bridgehead atoms. The number of methoxy groups -OCH3 is 1. The van der Waals surface area contributed by atoms with Crippen LogP contribution >= 0.6 is 0 Å². The summed E-state index contributed by atoms with van der Waals surface area (Å²) in [5, 5.41) is 21.5. The summed E-state index contributed by atoms with van der Waals surface area (Å²) in [5.41, 5.74) is 0.0641. The number of rotatable bonds is 5. The molecule has 0 spiro atoms. The Morgan fingerprint density at radius 3 is 2.82 bits per heavy atom. The number of phenolic OH excluding ortho intramolecular Hbond substituents is 2. The van der Waals surface area contributed by atoms with Gasteiger partial charge >= 0.3 is 0 Å². The molecule has 0 aliphatic rings. The summed E-state index contributed by atoms with van der Waals surface area (Å²) in [5.74, 6) is -1.12. The van der Waals surface area contributed by atoms with Crippen LogP contribution in [0.25, 0.3) is 0 Å². The monoisotopic (exact) mass is 239 g/mol. The van der Waals surface area contributed by atoms with E-state index in [0.29, 0.717) is 13.0 Å². The first-order chi connectivity index (χ1) is 8.06. The van der Waals surface area contributed by atoms with Gasteiger partial charge in [0.2, 0.25) is 0 Å². The van der Waals surface area contributed by atoms with Crippen LogP contribution in [0.4, 0.5) is 0 Å². The molecule has 0 saturated heterocycles. The van der Waals surface area contributed by atoms with Gasteiger partial charge in [-0.1, -0.05) is 6.07 Å². The summed E-state index contributed by atoms with van der Waals surface area (Å²) in [7, 11) is 1.59. The molecule has 94 valence electrons. The number of hydrogen-bond donors (Lipinski definition) is 3. The van der Waals surface area contributed by atoms with E-state index in [9.17, 15) is 15.0 Å². The number of benzene rings is 1. The van der Waals surface area contributed by atoms with E-state index in [-0.39, 0.29) is 17.4 Å². The summed E-state index contributed by atoms with van der Waals surface area (Å²) in [6.07, 6.45) is 0.682. The van der Waals surface area contributed by atoms with Gasteiger partial charge in [-0.15, -0.1) is 0 Å². The summed E-state index contributed by atoms with van der Waals surface area (Å²) < 4.78 is 4.90. The van der Waals surface area contributed by atoms with Crippen molar-refractivity contribution in [1.82, 2.24) is 5.32 Å². The van der Waals surface area contributed by atoms with Crippen molar-refractivity contribution in [3.63, 3.8) is 0 Å². The van der Waals surface area contributed by atoms with Gasteiger partial charge in [0, 0.05) is 19.8 Å². The summed E-state index contributed by atoms with van der Waals surface area (Å²) in [4.78, 5) is 11.8. The molecule has 17 heavy (non-hydrogen) atoms. The van der Waals surface area contributed by atoms with Crippen molar-refractivity contribution in [2.24, 2.45) is 0 Å². The molecule has 3 N–H and O–H groups in total. The molecular formula is C12H17NO4. The predicted octanol–water partition coefficient (Wildman–Crippen LogP) is 1.25. The first-order valence-corrected chi connectivity index (χ1v) is 5.37. The molecule has 0 heterocycles. The number of para-hydroxylation sites is 1. The van der Waals surface area contributed by atoms with Gasteiger partial charge in [0.05, 0.1) is 5.56 Å². The second kappa shape index (κ2) is 6.10. The third kappa shape index (κ3) is 3.64. The minimum atomic E-state index is -0.415. The quantitative estimate of drug-likeness (QED) is 0.676. The Bertz CT molecular complexity index is 392. The van der Waals surface area contributed by atoms with Crippen LogP contribution in [-0.4, -0.2) is 35.9 Å². The maximum Gasteiger partial charge on any atom is 0.255 e. The van der Waals surface area contributed by atoms with Crippen LogP contribution in [-0.2, 0) is 4.74 Å². The summed E-state index contributed by atoms with van der Waals surface area (Å²) in [6, 6.07) is 4.21. The number of hydrogen-bond acceptors (Lipinski definition) is 4. The van der Waals surface area contributed by atoms with E-state index in [4.69, 9.17) is 4.74 Å². The fourth-order valence-electron chi connectivity index (χ4n) is 1.38. The zero-order valence-corrected chi connectivity index (χ0v) is 9.93. The van der Waals surface area contributed by atoms with Crippen molar-refractivity contribution in [2.75, 3.05) is 13.7 Å². The van der Waals surface area contributed by atoms with Gasteiger partial charge in [0.1, 0.15) is 0 Å². The molecule has 0 fully saturated rings. The molecule has 0 aliphatic carbocycles. The second-order valence-electron chi connectivity index (χ2n) is 3.83. The Hall–Kier alpha value is -1.75. The third-order valence-corrected chi connectivity index (χ3v) is 2.39.